The Bertz CT molecular complexity index is 1050. The number of methoxy groups -OCH3 is 1. The molecule has 188 valence electrons. The average Bonchev–Trinajstić information content (AvgIpc) is 2.83. The van der Waals surface area contributed by atoms with Crippen molar-refractivity contribution in [1.82, 2.24) is 4.90 Å². The number of hydrogen-bond acceptors (Lipinski definition) is 5. The van der Waals surface area contributed by atoms with E-state index in [4.69, 9.17) is 14.6 Å². The van der Waals surface area contributed by atoms with Crippen molar-refractivity contribution in [3.8, 4) is 11.5 Å². The monoisotopic (exact) mass is 497 g/mol. The number of allylic oxidation sites excluding steroid dienone is 2. The summed E-state index contributed by atoms with van der Waals surface area (Å²) < 4.78 is 11.2. The molecule has 6 nitrogen and oxygen atoms in total. The Morgan fingerprint density at radius 1 is 1.14 bits per heavy atom. The standard InChI is InChI=1S/C28H35NO5S/c1-5-6-16-34-26-18-21(8-7-9-27(30)31)10-15-25(26)20(2)17-24(35)19-29(3)28(32)22-11-13-23(33-4)14-12-22/h10-15,17-18,35H,2,5-9,16,19H2,1,3-4H3,(H,30,31)/b24-17-. The van der Waals surface area contributed by atoms with Gasteiger partial charge in [0.05, 0.1) is 20.3 Å². The summed E-state index contributed by atoms with van der Waals surface area (Å²) in [5, 5.41) is 8.89. The summed E-state index contributed by atoms with van der Waals surface area (Å²) in [6.07, 6.45) is 5.15. The summed E-state index contributed by atoms with van der Waals surface area (Å²) in [6, 6.07) is 12.9. The van der Waals surface area contributed by atoms with Gasteiger partial charge in [-0.1, -0.05) is 32.1 Å². The lowest BCUT2D eigenvalue weighted by molar-refractivity contribution is -0.137. The molecule has 0 heterocycles. The van der Waals surface area contributed by atoms with Crippen LogP contribution < -0.4 is 9.47 Å². The van der Waals surface area contributed by atoms with E-state index in [1.54, 1.807) is 43.3 Å². The highest BCUT2D eigenvalue weighted by atomic mass is 32.1. The van der Waals surface area contributed by atoms with Gasteiger partial charge in [-0.05, 0) is 66.8 Å². The molecule has 1 N–H and O–H groups in total. The quantitative estimate of drug-likeness (QED) is 0.194. The fourth-order valence-corrected chi connectivity index (χ4v) is 3.84. The maximum absolute atomic E-state index is 12.7. The summed E-state index contributed by atoms with van der Waals surface area (Å²) >= 11 is 4.59. The van der Waals surface area contributed by atoms with Crippen LogP contribution in [-0.4, -0.2) is 49.2 Å². The van der Waals surface area contributed by atoms with Crippen molar-refractivity contribution in [3.63, 3.8) is 0 Å². The summed E-state index contributed by atoms with van der Waals surface area (Å²) in [7, 11) is 3.31. The van der Waals surface area contributed by atoms with Crippen molar-refractivity contribution in [2.24, 2.45) is 0 Å². The molecule has 0 unspecified atom stereocenters. The molecule has 0 aliphatic heterocycles. The number of hydrogen-bond donors (Lipinski definition) is 2. The maximum atomic E-state index is 12.7. The molecule has 2 aromatic carbocycles. The topological polar surface area (TPSA) is 76.1 Å². The number of rotatable bonds is 14. The highest BCUT2D eigenvalue weighted by Crippen LogP contribution is 2.29. The molecule has 0 saturated carbocycles. The SMILES string of the molecule is C=C(/C=C(\S)CN(C)C(=O)c1ccc(OC)cc1)c1ccc(CCCC(=O)O)cc1OCCCC. The van der Waals surface area contributed by atoms with E-state index in [2.05, 4.69) is 26.1 Å². The molecule has 7 heteroatoms. The lowest BCUT2D eigenvalue weighted by Crippen LogP contribution is -2.27. The average molecular weight is 498 g/mol. The van der Waals surface area contributed by atoms with E-state index in [0.717, 1.165) is 35.3 Å². The van der Waals surface area contributed by atoms with E-state index in [-0.39, 0.29) is 12.3 Å². The first-order valence-electron chi connectivity index (χ1n) is 11.7. The molecule has 2 rings (SSSR count). The molecule has 0 spiro atoms. The largest absolute Gasteiger partial charge is 0.497 e. The lowest BCUT2D eigenvalue weighted by Gasteiger charge is -2.18. The Morgan fingerprint density at radius 3 is 2.49 bits per heavy atom. The first kappa shape index (κ1) is 28.1. The smallest absolute Gasteiger partial charge is 0.303 e. The Morgan fingerprint density at radius 2 is 1.86 bits per heavy atom. The van der Waals surface area contributed by atoms with E-state index < -0.39 is 5.97 Å². The van der Waals surface area contributed by atoms with E-state index in [1.165, 1.54) is 0 Å². The fourth-order valence-electron chi connectivity index (χ4n) is 3.47. The van der Waals surface area contributed by atoms with Crippen LogP contribution in [0.1, 0.15) is 54.1 Å². The molecular formula is C28H35NO5S. The number of carboxylic acid groups (broad SMARTS) is 1. The van der Waals surface area contributed by atoms with E-state index in [1.807, 2.05) is 24.3 Å². The van der Waals surface area contributed by atoms with Crippen LogP contribution in [-0.2, 0) is 11.2 Å². The number of amides is 1. The Balaban J connectivity index is 2.12. The third-order valence-corrected chi connectivity index (χ3v) is 5.70. The summed E-state index contributed by atoms with van der Waals surface area (Å²) in [6.45, 7) is 7.22. The number of ether oxygens (including phenoxy) is 2. The molecule has 0 bridgehead atoms. The zero-order valence-corrected chi connectivity index (χ0v) is 21.6. The number of nitrogens with zero attached hydrogens (tertiary/aromatic N) is 1. The number of carbonyl (C=O) groups excluding carboxylic acids is 1. The van der Waals surface area contributed by atoms with Gasteiger partial charge < -0.3 is 19.5 Å². The van der Waals surface area contributed by atoms with Gasteiger partial charge in [0.2, 0.25) is 0 Å². The van der Waals surface area contributed by atoms with Crippen LogP contribution in [0.15, 0.2) is 60.0 Å². The fraction of sp³-hybridized carbons (Fsp3) is 0.357. The Kier molecular flexibility index (Phi) is 11.4. The molecular weight excluding hydrogens is 462 g/mol. The number of thiol groups is 1. The Hall–Kier alpha value is -3.19. The van der Waals surface area contributed by atoms with Crippen molar-refractivity contribution in [3.05, 3.63) is 76.7 Å². The van der Waals surface area contributed by atoms with Crippen LogP contribution in [0.3, 0.4) is 0 Å². The highest BCUT2D eigenvalue weighted by molar-refractivity contribution is 7.84. The maximum Gasteiger partial charge on any atom is 0.303 e. The zero-order chi connectivity index (χ0) is 25.8. The molecule has 0 saturated heterocycles. The van der Waals surface area contributed by atoms with Crippen molar-refractivity contribution in [1.29, 1.82) is 0 Å². The number of carbonyl (C=O) groups is 2. The predicted molar refractivity (Wildman–Crippen MR) is 143 cm³/mol. The molecule has 0 radical (unpaired) electrons. The normalized spacial score (nSPS) is 11.1. The minimum atomic E-state index is -0.795. The molecule has 0 aromatic heterocycles. The number of aryl methyl sites for hydroxylation is 1. The molecule has 0 aliphatic rings. The third-order valence-electron chi connectivity index (χ3n) is 5.43. The molecule has 1 amide bonds. The first-order chi connectivity index (χ1) is 16.7. The van der Waals surface area contributed by atoms with Gasteiger partial charge in [0.1, 0.15) is 11.5 Å². The number of likely N-dealkylation sites (N-methyl/N-ethyl adjacent to an activating group) is 1. The van der Waals surface area contributed by atoms with Crippen LogP contribution in [0.25, 0.3) is 5.57 Å². The summed E-state index contributed by atoms with van der Waals surface area (Å²) in [4.78, 5) is 25.8. The third kappa shape index (κ3) is 9.17. The van der Waals surface area contributed by atoms with Gasteiger partial charge in [-0.25, -0.2) is 0 Å². The first-order valence-corrected chi connectivity index (χ1v) is 12.2. The van der Waals surface area contributed by atoms with Crippen LogP contribution in [0, 0.1) is 0 Å². The van der Waals surface area contributed by atoms with Gasteiger partial charge in [0.15, 0.2) is 0 Å². The summed E-state index contributed by atoms with van der Waals surface area (Å²) in [5.41, 5.74) is 3.16. The van der Waals surface area contributed by atoms with Gasteiger partial charge in [-0.15, -0.1) is 12.6 Å². The van der Waals surface area contributed by atoms with E-state index >= 15 is 0 Å². The highest BCUT2D eigenvalue weighted by Gasteiger charge is 2.14. The second-order valence-corrected chi connectivity index (χ2v) is 8.90. The van der Waals surface area contributed by atoms with Crippen molar-refractivity contribution >= 4 is 30.1 Å². The number of unbranched alkanes of at least 4 members (excludes halogenated alkanes) is 1. The second kappa shape index (κ2) is 14.3. The van der Waals surface area contributed by atoms with Crippen LogP contribution in [0.2, 0.25) is 0 Å². The van der Waals surface area contributed by atoms with Gasteiger partial charge >= 0.3 is 5.97 Å². The molecule has 0 fully saturated rings. The van der Waals surface area contributed by atoms with E-state index in [9.17, 15) is 9.59 Å². The van der Waals surface area contributed by atoms with Gasteiger partial charge in [0, 0.05) is 29.5 Å². The van der Waals surface area contributed by atoms with Gasteiger partial charge in [-0.2, -0.15) is 0 Å². The number of aliphatic carboxylic acids is 1. The Labute approximate surface area is 213 Å². The molecule has 35 heavy (non-hydrogen) atoms. The number of benzene rings is 2. The van der Waals surface area contributed by atoms with Gasteiger partial charge in [-0.3, -0.25) is 9.59 Å². The molecule has 2 aromatic rings. The molecule has 0 atom stereocenters. The van der Waals surface area contributed by atoms with Crippen molar-refractivity contribution in [2.45, 2.75) is 39.0 Å². The minimum absolute atomic E-state index is 0.118. The zero-order valence-electron chi connectivity index (χ0n) is 20.8. The van der Waals surface area contributed by atoms with Crippen LogP contribution >= 0.6 is 12.6 Å². The summed E-state index contributed by atoms with van der Waals surface area (Å²) in [5.74, 6) is 0.500. The second-order valence-electron chi connectivity index (χ2n) is 8.33. The van der Waals surface area contributed by atoms with Crippen LogP contribution in [0.4, 0.5) is 0 Å². The van der Waals surface area contributed by atoms with Gasteiger partial charge in [0.25, 0.3) is 5.91 Å². The molecule has 0 aliphatic carbocycles. The number of carboxylic acids is 1. The lowest BCUT2D eigenvalue weighted by atomic mass is 10.0. The van der Waals surface area contributed by atoms with Crippen molar-refractivity contribution in [2.75, 3.05) is 27.3 Å². The minimum Gasteiger partial charge on any atom is -0.497 e. The van der Waals surface area contributed by atoms with E-state index in [0.29, 0.717) is 42.2 Å². The predicted octanol–water partition coefficient (Wildman–Crippen LogP) is 5.88. The van der Waals surface area contributed by atoms with Crippen molar-refractivity contribution < 1.29 is 24.2 Å². The van der Waals surface area contributed by atoms with Crippen LogP contribution in [0.5, 0.6) is 11.5 Å².